The molecule has 2 N–H and O–H groups in total. The third-order valence-electron chi connectivity index (χ3n) is 5.13. The first kappa shape index (κ1) is 18.6. The van der Waals surface area contributed by atoms with Gasteiger partial charge in [-0.2, -0.15) is 0 Å². The van der Waals surface area contributed by atoms with E-state index in [9.17, 15) is 4.79 Å². The van der Waals surface area contributed by atoms with Gasteiger partial charge in [-0.25, -0.2) is 0 Å². The van der Waals surface area contributed by atoms with E-state index in [1.807, 2.05) is 36.5 Å². The van der Waals surface area contributed by atoms with Crippen LogP contribution in [-0.4, -0.2) is 10.9 Å². The van der Waals surface area contributed by atoms with Crippen molar-refractivity contribution >= 4 is 5.91 Å². The molecule has 0 aliphatic rings. The van der Waals surface area contributed by atoms with Gasteiger partial charge in [0.2, 0.25) is 5.91 Å². The Balaban J connectivity index is 1.71. The molecule has 1 amide bonds. The summed E-state index contributed by atoms with van der Waals surface area (Å²) < 4.78 is 0. The highest BCUT2D eigenvalue weighted by molar-refractivity contribution is 5.93. The Morgan fingerprint density at radius 1 is 0.793 bits per heavy atom. The molecule has 0 aliphatic heterocycles. The van der Waals surface area contributed by atoms with Crippen molar-refractivity contribution in [3.8, 4) is 11.1 Å². The number of nitrogens with two attached hydrogens (primary N) is 1. The number of nitrogens with zero attached hydrogens (tertiary/aromatic N) is 1. The van der Waals surface area contributed by atoms with E-state index >= 15 is 0 Å². The molecule has 0 saturated heterocycles. The van der Waals surface area contributed by atoms with Gasteiger partial charge in [-0.1, -0.05) is 72.8 Å². The molecule has 1 atom stereocenters. The topological polar surface area (TPSA) is 56.0 Å². The fraction of sp³-hybridized carbons (Fsp3) is 0.0769. The largest absolute Gasteiger partial charge is 0.366 e. The fourth-order valence-corrected chi connectivity index (χ4v) is 3.57. The highest BCUT2D eigenvalue weighted by Gasteiger charge is 2.17. The van der Waals surface area contributed by atoms with E-state index in [1.165, 1.54) is 11.1 Å². The molecule has 3 aromatic carbocycles. The molecule has 0 bridgehead atoms. The number of pyridine rings is 1. The lowest BCUT2D eigenvalue weighted by Crippen LogP contribution is -2.10. The van der Waals surface area contributed by atoms with Crippen molar-refractivity contribution in [2.45, 2.75) is 12.3 Å². The molecule has 142 valence electrons. The molecule has 0 fully saturated rings. The lowest BCUT2D eigenvalue weighted by Gasteiger charge is -2.18. The Hall–Kier alpha value is -3.72. The number of primary amides is 1. The number of hydrogen-bond acceptors (Lipinski definition) is 2. The van der Waals surface area contributed by atoms with Crippen LogP contribution in [0.4, 0.5) is 0 Å². The van der Waals surface area contributed by atoms with Crippen molar-refractivity contribution in [3.05, 3.63) is 126 Å². The van der Waals surface area contributed by atoms with Crippen LogP contribution in [0.5, 0.6) is 0 Å². The highest BCUT2D eigenvalue weighted by atomic mass is 16.1. The van der Waals surface area contributed by atoms with E-state index in [0.717, 1.165) is 23.2 Å². The molecular weight excluding hydrogens is 356 g/mol. The molecule has 29 heavy (non-hydrogen) atoms. The maximum atomic E-state index is 11.3. The minimum Gasteiger partial charge on any atom is -0.366 e. The zero-order valence-electron chi connectivity index (χ0n) is 16.0. The normalized spacial score (nSPS) is 11.7. The second kappa shape index (κ2) is 8.53. The van der Waals surface area contributed by atoms with Gasteiger partial charge >= 0.3 is 0 Å². The lowest BCUT2D eigenvalue weighted by molar-refractivity contribution is 0.100. The fourth-order valence-electron chi connectivity index (χ4n) is 3.57. The van der Waals surface area contributed by atoms with Crippen LogP contribution < -0.4 is 5.73 Å². The van der Waals surface area contributed by atoms with Crippen LogP contribution in [0.2, 0.25) is 0 Å². The van der Waals surface area contributed by atoms with Crippen molar-refractivity contribution in [2.75, 3.05) is 0 Å². The van der Waals surface area contributed by atoms with Crippen LogP contribution >= 0.6 is 0 Å². The molecule has 3 heteroatoms. The Morgan fingerprint density at radius 3 is 2.10 bits per heavy atom. The number of hydrogen-bond donors (Lipinski definition) is 1. The van der Waals surface area contributed by atoms with Gasteiger partial charge < -0.3 is 5.73 Å². The van der Waals surface area contributed by atoms with Crippen LogP contribution in [0.1, 0.15) is 33.1 Å². The molecule has 0 radical (unpaired) electrons. The quantitative estimate of drug-likeness (QED) is 0.500. The third kappa shape index (κ3) is 4.41. The lowest BCUT2D eigenvalue weighted by atomic mass is 9.88. The molecule has 0 aliphatic carbocycles. The maximum Gasteiger partial charge on any atom is 0.248 e. The van der Waals surface area contributed by atoms with E-state index in [-0.39, 0.29) is 5.92 Å². The summed E-state index contributed by atoms with van der Waals surface area (Å²) in [5.41, 5.74) is 11.5. The predicted octanol–water partition coefficient (Wildman–Crippen LogP) is 5.22. The highest BCUT2D eigenvalue weighted by Crippen LogP contribution is 2.30. The Morgan fingerprint density at radius 2 is 1.45 bits per heavy atom. The van der Waals surface area contributed by atoms with Gasteiger partial charge in [0.15, 0.2) is 0 Å². The molecule has 3 nitrogen and oxygen atoms in total. The summed E-state index contributed by atoms with van der Waals surface area (Å²) in [5.74, 6) is -0.262. The van der Waals surface area contributed by atoms with Crippen molar-refractivity contribution in [1.82, 2.24) is 4.98 Å². The molecule has 1 aromatic heterocycles. The first-order chi connectivity index (χ1) is 14.2. The number of aromatic nitrogens is 1. The molecule has 1 unspecified atom stereocenters. The number of amides is 1. The molecule has 4 aromatic rings. The van der Waals surface area contributed by atoms with Gasteiger partial charge in [-0.3, -0.25) is 9.78 Å². The van der Waals surface area contributed by atoms with Gasteiger partial charge in [-0.05, 0) is 52.9 Å². The molecule has 4 rings (SSSR count). The van der Waals surface area contributed by atoms with Gasteiger partial charge in [0, 0.05) is 23.4 Å². The second-order valence-electron chi connectivity index (χ2n) is 7.06. The maximum absolute atomic E-state index is 11.3. The third-order valence-corrected chi connectivity index (χ3v) is 5.13. The Labute approximate surface area is 170 Å². The van der Waals surface area contributed by atoms with E-state index < -0.39 is 5.91 Å². The summed E-state index contributed by atoms with van der Waals surface area (Å²) in [6.45, 7) is 0. The molecule has 0 saturated carbocycles. The number of benzene rings is 3. The van der Waals surface area contributed by atoms with Gasteiger partial charge in [0.1, 0.15) is 0 Å². The summed E-state index contributed by atoms with van der Waals surface area (Å²) in [4.78, 5) is 16.0. The van der Waals surface area contributed by atoms with Crippen LogP contribution in [0.25, 0.3) is 11.1 Å². The van der Waals surface area contributed by atoms with E-state index in [2.05, 4.69) is 54.6 Å². The number of carbonyl (C=O) groups excluding carboxylic acids is 1. The summed E-state index contributed by atoms with van der Waals surface area (Å²) in [6, 6.07) is 32.5. The smallest absolute Gasteiger partial charge is 0.248 e. The van der Waals surface area contributed by atoms with Crippen molar-refractivity contribution < 1.29 is 4.79 Å². The van der Waals surface area contributed by atoms with Crippen LogP contribution in [0.3, 0.4) is 0 Å². The first-order valence-corrected chi connectivity index (χ1v) is 9.66. The zero-order valence-corrected chi connectivity index (χ0v) is 16.0. The molecular formula is C26H22N2O. The second-order valence-corrected chi connectivity index (χ2v) is 7.06. The van der Waals surface area contributed by atoms with Crippen molar-refractivity contribution in [3.63, 3.8) is 0 Å². The van der Waals surface area contributed by atoms with Crippen LogP contribution in [0.15, 0.2) is 103 Å². The summed E-state index contributed by atoms with van der Waals surface area (Å²) >= 11 is 0. The van der Waals surface area contributed by atoms with Gasteiger partial charge in [0.05, 0.1) is 0 Å². The monoisotopic (exact) mass is 378 g/mol. The average Bonchev–Trinajstić information content (AvgIpc) is 2.79. The Kier molecular flexibility index (Phi) is 5.48. The van der Waals surface area contributed by atoms with Gasteiger partial charge in [-0.15, -0.1) is 0 Å². The van der Waals surface area contributed by atoms with Crippen molar-refractivity contribution in [1.29, 1.82) is 0 Å². The minimum absolute atomic E-state index is 0.156. The van der Waals surface area contributed by atoms with E-state index in [1.54, 1.807) is 12.1 Å². The van der Waals surface area contributed by atoms with Crippen LogP contribution in [0, 0.1) is 0 Å². The van der Waals surface area contributed by atoms with E-state index in [4.69, 9.17) is 10.7 Å². The zero-order chi connectivity index (χ0) is 20.1. The summed E-state index contributed by atoms with van der Waals surface area (Å²) in [5, 5.41) is 0. The van der Waals surface area contributed by atoms with Gasteiger partial charge in [0.25, 0.3) is 0 Å². The van der Waals surface area contributed by atoms with Crippen LogP contribution in [-0.2, 0) is 6.42 Å². The Bertz CT molecular complexity index is 1090. The predicted molar refractivity (Wildman–Crippen MR) is 117 cm³/mol. The standard InChI is InChI=1S/C26H22N2O/c27-26(29)22-13-11-20(12-14-22)23-15-16-28-25(18-23)24(21-9-5-2-6-10-21)17-19-7-3-1-4-8-19/h1-16,18,24H,17H2,(H2,27,29). The molecule has 0 spiro atoms. The average molecular weight is 378 g/mol. The van der Waals surface area contributed by atoms with Crippen molar-refractivity contribution in [2.24, 2.45) is 5.73 Å². The molecule has 1 heterocycles. The SMILES string of the molecule is NC(=O)c1ccc(-c2ccnc(C(Cc3ccccc3)c3ccccc3)c2)cc1. The minimum atomic E-state index is -0.418. The number of carbonyl (C=O) groups is 1. The summed E-state index contributed by atoms with van der Waals surface area (Å²) in [6.07, 6.45) is 2.73. The van der Waals surface area contributed by atoms with E-state index in [0.29, 0.717) is 5.56 Å². The first-order valence-electron chi connectivity index (χ1n) is 9.66. The number of rotatable bonds is 6. The summed E-state index contributed by atoms with van der Waals surface area (Å²) in [7, 11) is 0.